The van der Waals surface area contributed by atoms with E-state index in [1.165, 1.54) is 12.1 Å². The zero-order valence-electron chi connectivity index (χ0n) is 17.4. The Hall–Kier alpha value is -3.95. The van der Waals surface area contributed by atoms with Gasteiger partial charge in [0.15, 0.2) is 6.61 Å². The summed E-state index contributed by atoms with van der Waals surface area (Å²) in [7, 11) is 1.55. The van der Waals surface area contributed by atoms with E-state index in [-0.39, 0.29) is 34.3 Å². The van der Waals surface area contributed by atoms with Crippen LogP contribution in [0.4, 0.5) is 17.1 Å². The van der Waals surface area contributed by atoms with Gasteiger partial charge in [-0.3, -0.25) is 19.7 Å². The summed E-state index contributed by atoms with van der Waals surface area (Å²) < 4.78 is 5.00. The highest BCUT2D eigenvalue weighted by molar-refractivity contribution is 6.04. The van der Waals surface area contributed by atoms with Crippen molar-refractivity contribution in [2.45, 2.75) is 13.8 Å². The van der Waals surface area contributed by atoms with Gasteiger partial charge in [0.25, 0.3) is 17.5 Å². The fraction of sp³-hybridized carbons (Fsp3) is 0.286. The van der Waals surface area contributed by atoms with Crippen molar-refractivity contribution in [3.63, 3.8) is 0 Å². The Morgan fingerprint density at radius 3 is 2.42 bits per heavy atom. The maximum Gasteiger partial charge on any atom is 0.341 e. The van der Waals surface area contributed by atoms with Crippen molar-refractivity contribution in [1.29, 1.82) is 0 Å². The third-order valence-electron chi connectivity index (χ3n) is 4.15. The number of nitrogens with one attached hydrogen (secondary N) is 3. The molecular weight excluding hydrogens is 404 g/mol. The first-order valence-corrected chi connectivity index (χ1v) is 9.53. The average molecular weight is 428 g/mol. The number of nitro groups is 1. The van der Waals surface area contributed by atoms with Crippen LogP contribution < -0.4 is 16.0 Å². The number of nitro benzene ring substituents is 1. The highest BCUT2D eigenvalue weighted by atomic mass is 16.6. The van der Waals surface area contributed by atoms with Gasteiger partial charge in [-0.1, -0.05) is 26.0 Å². The van der Waals surface area contributed by atoms with Crippen molar-refractivity contribution in [2.75, 3.05) is 30.8 Å². The average Bonchev–Trinajstić information content (AvgIpc) is 2.75. The van der Waals surface area contributed by atoms with Gasteiger partial charge in [-0.05, 0) is 24.1 Å². The van der Waals surface area contributed by atoms with Crippen LogP contribution in [0.2, 0.25) is 0 Å². The zero-order valence-corrected chi connectivity index (χ0v) is 17.4. The van der Waals surface area contributed by atoms with Gasteiger partial charge in [-0.2, -0.15) is 0 Å². The van der Waals surface area contributed by atoms with Crippen LogP contribution in [-0.2, 0) is 9.53 Å². The zero-order chi connectivity index (χ0) is 23.0. The number of nitrogens with zero attached hydrogens (tertiary/aromatic N) is 1. The number of esters is 1. The normalized spacial score (nSPS) is 10.3. The minimum Gasteiger partial charge on any atom is -0.452 e. The number of ether oxygens (including phenoxy) is 1. The molecule has 0 aliphatic rings. The summed E-state index contributed by atoms with van der Waals surface area (Å²) in [6.45, 7) is 3.77. The molecule has 31 heavy (non-hydrogen) atoms. The van der Waals surface area contributed by atoms with E-state index in [4.69, 9.17) is 4.74 Å². The SMILES string of the molecule is CNc1ccc([N+](=O)[O-])cc1C(=O)OCC(=O)Nc1ccccc1C(=O)NCC(C)C. The van der Waals surface area contributed by atoms with Gasteiger partial charge in [0.1, 0.15) is 0 Å². The topological polar surface area (TPSA) is 140 Å². The number of rotatable bonds is 9. The first-order chi connectivity index (χ1) is 14.7. The number of hydrogen-bond donors (Lipinski definition) is 3. The van der Waals surface area contributed by atoms with E-state index in [2.05, 4.69) is 16.0 Å². The van der Waals surface area contributed by atoms with Crippen molar-refractivity contribution < 1.29 is 24.0 Å². The third-order valence-corrected chi connectivity index (χ3v) is 4.15. The summed E-state index contributed by atoms with van der Waals surface area (Å²) in [5, 5.41) is 19.0. The number of non-ortho nitro benzene ring substituents is 1. The number of hydrogen-bond acceptors (Lipinski definition) is 7. The summed E-state index contributed by atoms with van der Waals surface area (Å²) in [5.74, 6) is -1.63. The van der Waals surface area contributed by atoms with Crippen molar-refractivity contribution in [1.82, 2.24) is 5.32 Å². The second-order valence-corrected chi connectivity index (χ2v) is 7.01. The fourth-order valence-electron chi connectivity index (χ4n) is 2.61. The monoisotopic (exact) mass is 428 g/mol. The molecule has 2 amide bonds. The number of amides is 2. The van der Waals surface area contributed by atoms with Crippen molar-refractivity contribution >= 4 is 34.8 Å². The second kappa shape index (κ2) is 10.7. The quantitative estimate of drug-likeness (QED) is 0.317. The molecule has 0 unspecified atom stereocenters. The smallest absolute Gasteiger partial charge is 0.341 e. The highest BCUT2D eigenvalue weighted by Crippen LogP contribution is 2.22. The summed E-state index contributed by atoms with van der Waals surface area (Å²) in [6.07, 6.45) is 0. The van der Waals surface area contributed by atoms with Gasteiger partial charge < -0.3 is 20.7 Å². The maximum atomic E-state index is 12.4. The molecular formula is C21H24N4O6. The van der Waals surface area contributed by atoms with Crippen LogP contribution in [0.15, 0.2) is 42.5 Å². The molecule has 2 aromatic rings. The van der Waals surface area contributed by atoms with Crippen LogP contribution in [0, 0.1) is 16.0 Å². The molecule has 10 heteroatoms. The van der Waals surface area contributed by atoms with Crippen LogP contribution >= 0.6 is 0 Å². The molecule has 2 rings (SSSR count). The van der Waals surface area contributed by atoms with Gasteiger partial charge in [-0.15, -0.1) is 0 Å². The number of para-hydroxylation sites is 1. The minimum absolute atomic E-state index is 0.0713. The molecule has 10 nitrogen and oxygen atoms in total. The van der Waals surface area contributed by atoms with Crippen LogP contribution in [0.5, 0.6) is 0 Å². The van der Waals surface area contributed by atoms with Gasteiger partial charge in [-0.25, -0.2) is 4.79 Å². The fourth-order valence-corrected chi connectivity index (χ4v) is 2.61. The van der Waals surface area contributed by atoms with E-state index in [9.17, 15) is 24.5 Å². The van der Waals surface area contributed by atoms with Crippen LogP contribution in [0.25, 0.3) is 0 Å². The number of anilines is 2. The number of benzene rings is 2. The molecule has 3 N–H and O–H groups in total. The van der Waals surface area contributed by atoms with E-state index < -0.39 is 23.4 Å². The largest absolute Gasteiger partial charge is 0.452 e. The first kappa shape index (κ1) is 23.3. The minimum atomic E-state index is -0.897. The first-order valence-electron chi connectivity index (χ1n) is 9.53. The Bertz CT molecular complexity index is 990. The van der Waals surface area contributed by atoms with Crippen LogP contribution in [0.3, 0.4) is 0 Å². The molecule has 0 spiro atoms. The van der Waals surface area contributed by atoms with Gasteiger partial charge >= 0.3 is 5.97 Å². The summed E-state index contributed by atoms with van der Waals surface area (Å²) in [5.41, 5.74) is 0.521. The standard InChI is InChI=1S/C21H24N4O6/c1-13(2)11-23-20(27)15-6-4-5-7-18(15)24-19(26)12-31-21(28)16-10-14(25(29)30)8-9-17(16)22-3/h4-10,13,22H,11-12H2,1-3H3,(H,23,27)(H,24,26). The molecule has 2 aromatic carbocycles. The molecule has 0 radical (unpaired) electrons. The highest BCUT2D eigenvalue weighted by Gasteiger charge is 2.19. The second-order valence-electron chi connectivity index (χ2n) is 7.01. The number of carbonyl (C=O) groups is 3. The van der Waals surface area contributed by atoms with E-state index in [0.717, 1.165) is 6.07 Å². The van der Waals surface area contributed by atoms with Crippen molar-refractivity contribution in [3.8, 4) is 0 Å². The molecule has 0 aliphatic heterocycles. The lowest BCUT2D eigenvalue weighted by Gasteiger charge is -2.13. The lowest BCUT2D eigenvalue weighted by Crippen LogP contribution is -2.29. The Balaban J connectivity index is 2.05. The lowest BCUT2D eigenvalue weighted by molar-refractivity contribution is -0.384. The summed E-state index contributed by atoms with van der Waals surface area (Å²) >= 11 is 0. The molecule has 0 saturated carbocycles. The molecule has 164 valence electrons. The Kier molecular flexibility index (Phi) is 8.07. The van der Waals surface area contributed by atoms with Gasteiger partial charge in [0.2, 0.25) is 0 Å². The molecule has 0 fully saturated rings. The molecule has 0 aliphatic carbocycles. The maximum absolute atomic E-state index is 12.4. The third kappa shape index (κ3) is 6.53. The predicted octanol–water partition coefficient (Wildman–Crippen LogP) is 2.82. The van der Waals surface area contributed by atoms with Gasteiger partial charge in [0, 0.05) is 31.4 Å². The van der Waals surface area contributed by atoms with Crippen LogP contribution in [0.1, 0.15) is 34.6 Å². The number of carbonyl (C=O) groups excluding carboxylic acids is 3. The Labute approximate surface area is 179 Å². The Morgan fingerprint density at radius 1 is 1.06 bits per heavy atom. The summed E-state index contributed by atoms with van der Waals surface area (Å²) in [6, 6.07) is 10.1. The van der Waals surface area contributed by atoms with Crippen molar-refractivity contribution in [2.24, 2.45) is 5.92 Å². The molecule has 0 heterocycles. The molecule has 0 saturated heterocycles. The Morgan fingerprint density at radius 2 is 1.77 bits per heavy atom. The van der Waals surface area contributed by atoms with Crippen molar-refractivity contribution in [3.05, 3.63) is 63.7 Å². The van der Waals surface area contributed by atoms with E-state index in [1.54, 1.807) is 31.3 Å². The molecule has 0 bridgehead atoms. The molecule has 0 aromatic heterocycles. The summed E-state index contributed by atoms with van der Waals surface area (Å²) in [4.78, 5) is 47.3. The predicted molar refractivity (Wildman–Crippen MR) is 115 cm³/mol. The lowest BCUT2D eigenvalue weighted by atomic mass is 10.1. The van der Waals surface area contributed by atoms with Crippen LogP contribution in [-0.4, -0.2) is 42.9 Å². The van der Waals surface area contributed by atoms with E-state index in [0.29, 0.717) is 12.2 Å². The molecule has 0 atom stereocenters. The van der Waals surface area contributed by atoms with Gasteiger partial charge in [0.05, 0.1) is 21.7 Å². The van der Waals surface area contributed by atoms with E-state index in [1.807, 2.05) is 13.8 Å². The van der Waals surface area contributed by atoms with E-state index >= 15 is 0 Å².